The summed E-state index contributed by atoms with van der Waals surface area (Å²) < 4.78 is 10.9. The minimum absolute atomic E-state index is 0.0455. The Morgan fingerprint density at radius 2 is 1.73 bits per heavy atom. The number of anilines is 1. The zero-order valence-electron chi connectivity index (χ0n) is 22.4. The van der Waals surface area contributed by atoms with E-state index in [9.17, 15) is 14.4 Å². The van der Waals surface area contributed by atoms with Crippen molar-refractivity contribution in [2.24, 2.45) is 11.7 Å². The highest BCUT2D eigenvalue weighted by Crippen LogP contribution is 2.53. The van der Waals surface area contributed by atoms with Crippen LogP contribution >= 0.6 is 34.5 Å². The van der Waals surface area contributed by atoms with Gasteiger partial charge in [-0.2, -0.15) is 0 Å². The average Bonchev–Trinajstić information content (AvgIpc) is 3.49. The van der Waals surface area contributed by atoms with Gasteiger partial charge in [0.25, 0.3) is 0 Å². The maximum Gasteiger partial charge on any atom is 0.338 e. The number of halogens is 2. The standard InChI is InChI=1S/C31H28Cl2N2O5S/c1-3-39-30(37)24-19(22-14-9-15-41-22)16-21-25(28(24)36)23(18-12-8-13-20(32)27(18)33)26(31(38)40-4-2)29(34)35(21)17-10-6-5-7-11-17/h5-15,19,23-24H,3-4,16,34H2,1-2H3/t19-,23-,24+/m0/s1. The molecule has 7 nitrogen and oxygen atoms in total. The van der Waals surface area contributed by atoms with Gasteiger partial charge in [0.1, 0.15) is 11.7 Å². The molecule has 5 rings (SSSR count). The van der Waals surface area contributed by atoms with Gasteiger partial charge in [0.2, 0.25) is 0 Å². The second-order valence-corrected chi connectivity index (χ2v) is 11.3. The van der Waals surface area contributed by atoms with Crippen LogP contribution in [0.1, 0.15) is 42.5 Å². The third-order valence-electron chi connectivity index (χ3n) is 7.29. The van der Waals surface area contributed by atoms with Crippen molar-refractivity contribution in [1.82, 2.24) is 0 Å². The number of thiophene rings is 1. The molecule has 2 heterocycles. The summed E-state index contributed by atoms with van der Waals surface area (Å²) in [6, 6.07) is 18.0. The summed E-state index contributed by atoms with van der Waals surface area (Å²) in [7, 11) is 0. The molecule has 3 aromatic rings. The van der Waals surface area contributed by atoms with Crippen molar-refractivity contribution in [2.45, 2.75) is 32.1 Å². The van der Waals surface area contributed by atoms with Crippen LogP contribution < -0.4 is 10.6 Å². The molecule has 0 radical (unpaired) electrons. The lowest BCUT2D eigenvalue weighted by atomic mass is 9.68. The van der Waals surface area contributed by atoms with Crippen molar-refractivity contribution in [2.75, 3.05) is 18.1 Å². The smallest absolute Gasteiger partial charge is 0.338 e. The Morgan fingerprint density at radius 3 is 2.39 bits per heavy atom. The van der Waals surface area contributed by atoms with E-state index in [0.717, 1.165) is 4.88 Å². The molecule has 3 atom stereocenters. The quantitative estimate of drug-likeness (QED) is 0.238. The van der Waals surface area contributed by atoms with Gasteiger partial charge in [0.05, 0.1) is 34.8 Å². The summed E-state index contributed by atoms with van der Waals surface area (Å²) in [5.41, 5.74) is 8.78. The van der Waals surface area contributed by atoms with Crippen molar-refractivity contribution in [1.29, 1.82) is 0 Å². The number of benzene rings is 2. The zero-order chi connectivity index (χ0) is 29.3. The highest BCUT2D eigenvalue weighted by molar-refractivity contribution is 7.10. The van der Waals surface area contributed by atoms with Gasteiger partial charge >= 0.3 is 11.9 Å². The summed E-state index contributed by atoms with van der Waals surface area (Å²) in [5.74, 6) is -4.32. The number of rotatable bonds is 7. The molecule has 1 aromatic heterocycles. The van der Waals surface area contributed by atoms with Crippen LogP contribution in [0.2, 0.25) is 10.0 Å². The van der Waals surface area contributed by atoms with Crippen molar-refractivity contribution in [3.8, 4) is 0 Å². The van der Waals surface area contributed by atoms with Crippen molar-refractivity contribution in [3.05, 3.63) is 109 Å². The number of ether oxygens (including phenoxy) is 2. The van der Waals surface area contributed by atoms with Crippen LogP contribution in [0.3, 0.4) is 0 Å². The van der Waals surface area contributed by atoms with E-state index in [1.165, 1.54) is 11.3 Å². The van der Waals surface area contributed by atoms with Crippen LogP contribution in [0, 0.1) is 5.92 Å². The van der Waals surface area contributed by atoms with Crippen LogP contribution in [0.5, 0.6) is 0 Å². The fraction of sp³-hybridized carbons (Fsp3) is 0.258. The van der Waals surface area contributed by atoms with Crippen LogP contribution in [-0.4, -0.2) is 30.9 Å². The molecule has 0 spiro atoms. The Hall–Kier alpha value is -3.59. The molecule has 0 fully saturated rings. The second-order valence-electron chi connectivity index (χ2n) is 9.55. The number of nitrogens with two attached hydrogens (primary N) is 1. The Bertz CT molecular complexity index is 1550. The first-order valence-corrected chi connectivity index (χ1v) is 14.9. The molecule has 2 aliphatic rings. The monoisotopic (exact) mass is 610 g/mol. The number of para-hydroxylation sites is 1. The Kier molecular flexibility index (Phi) is 8.54. The number of carbonyl (C=O) groups is 3. The number of ketones is 1. The second kappa shape index (κ2) is 12.1. The van der Waals surface area contributed by atoms with E-state index in [-0.39, 0.29) is 46.6 Å². The normalized spacial score (nSPS) is 20.6. The summed E-state index contributed by atoms with van der Waals surface area (Å²) in [6.45, 7) is 3.59. The van der Waals surface area contributed by atoms with E-state index in [1.807, 2.05) is 47.8 Å². The van der Waals surface area contributed by atoms with Crippen LogP contribution in [0.4, 0.5) is 5.69 Å². The summed E-state index contributed by atoms with van der Waals surface area (Å²) in [4.78, 5) is 44.4. The Labute approximate surface area is 252 Å². The minimum atomic E-state index is -1.13. The van der Waals surface area contributed by atoms with Crippen molar-refractivity contribution >= 4 is 57.9 Å². The van der Waals surface area contributed by atoms with Crippen LogP contribution in [0.25, 0.3) is 0 Å². The topological polar surface area (TPSA) is 98.9 Å². The van der Waals surface area contributed by atoms with E-state index in [0.29, 0.717) is 16.9 Å². The lowest BCUT2D eigenvalue weighted by molar-refractivity contribution is -0.152. The number of carbonyl (C=O) groups excluding carboxylic acids is 3. The third kappa shape index (κ3) is 5.16. The highest BCUT2D eigenvalue weighted by Gasteiger charge is 2.52. The summed E-state index contributed by atoms with van der Waals surface area (Å²) in [6.07, 6.45) is 0.283. The predicted molar refractivity (Wildman–Crippen MR) is 160 cm³/mol. The van der Waals surface area contributed by atoms with Gasteiger partial charge in [-0.05, 0) is 55.5 Å². The van der Waals surface area contributed by atoms with Gasteiger partial charge in [-0.3, -0.25) is 14.5 Å². The molecular formula is C31H28Cl2N2O5S. The first-order chi connectivity index (χ1) is 19.8. The fourth-order valence-corrected chi connectivity index (χ4v) is 6.92. The van der Waals surface area contributed by atoms with Gasteiger partial charge in [-0.25, -0.2) is 4.79 Å². The molecule has 2 N–H and O–H groups in total. The summed E-state index contributed by atoms with van der Waals surface area (Å²) >= 11 is 14.6. The number of allylic oxidation sites excluding steroid dienone is 2. The van der Waals surface area contributed by atoms with E-state index in [1.54, 1.807) is 36.9 Å². The minimum Gasteiger partial charge on any atom is -0.465 e. The van der Waals surface area contributed by atoms with Gasteiger partial charge < -0.3 is 15.2 Å². The van der Waals surface area contributed by atoms with E-state index in [4.69, 9.17) is 38.4 Å². The first kappa shape index (κ1) is 28.9. The molecule has 0 unspecified atom stereocenters. The molecule has 0 bridgehead atoms. The number of Topliss-reactive ketones (excluding diaryl/α,β-unsaturated/α-hetero) is 1. The number of hydrogen-bond acceptors (Lipinski definition) is 8. The van der Waals surface area contributed by atoms with Crippen LogP contribution in [0.15, 0.2) is 88.7 Å². The molecule has 2 aromatic carbocycles. The SMILES string of the molecule is CCOC(=O)C1=C(N)N(c2ccccc2)C2=C(C(=O)[C@H](C(=O)OCC)[C@H](c3cccs3)C2)[C@@H]1c1cccc(Cl)c1Cl. The summed E-state index contributed by atoms with van der Waals surface area (Å²) in [5, 5.41) is 2.33. The van der Waals surface area contributed by atoms with Gasteiger partial charge in [0.15, 0.2) is 5.78 Å². The maximum absolute atomic E-state index is 14.7. The molecule has 212 valence electrons. The van der Waals surface area contributed by atoms with Gasteiger partial charge in [-0.15, -0.1) is 11.3 Å². The van der Waals surface area contributed by atoms with E-state index in [2.05, 4.69) is 0 Å². The van der Waals surface area contributed by atoms with Crippen LogP contribution in [-0.2, 0) is 23.9 Å². The number of nitrogens with zero attached hydrogens (tertiary/aromatic N) is 1. The third-order valence-corrected chi connectivity index (χ3v) is 9.13. The number of hydrogen-bond donors (Lipinski definition) is 1. The van der Waals surface area contributed by atoms with E-state index >= 15 is 0 Å². The average molecular weight is 612 g/mol. The first-order valence-electron chi connectivity index (χ1n) is 13.2. The lowest BCUT2D eigenvalue weighted by Crippen LogP contribution is -2.46. The largest absolute Gasteiger partial charge is 0.465 e. The van der Waals surface area contributed by atoms with Crippen molar-refractivity contribution < 1.29 is 23.9 Å². The fourth-order valence-electron chi connectivity index (χ4n) is 5.64. The molecular weight excluding hydrogens is 583 g/mol. The Balaban J connectivity index is 1.84. The Morgan fingerprint density at radius 1 is 1.00 bits per heavy atom. The van der Waals surface area contributed by atoms with Gasteiger partial charge in [0, 0.05) is 27.8 Å². The van der Waals surface area contributed by atoms with Gasteiger partial charge in [-0.1, -0.05) is 59.6 Å². The zero-order valence-corrected chi connectivity index (χ0v) is 24.8. The molecule has 1 aliphatic heterocycles. The molecule has 0 saturated heterocycles. The van der Waals surface area contributed by atoms with Crippen molar-refractivity contribution in [3.63, 3.8) is 0 Å². The maximum atomic E-state index is 14.7. The predicted octanol–water partition coefficient (Wildman–Crippen LogP) is 6.58. The molecule has 0 amide bonds. The molecule has 1 aliphatic carbocycles. The molecule has 0 saturated carbocycles. The number of esters is 2. The molecule has 10 heteroatoms. The van der Waals surface area contributed by atoms with E-state index < -0.39 is 35.5 Å². The molecule has 41 heavy (non-hydrogen) atoms. The highest BCUT2D eigenvalue weighted by atomic mass is 35.5. The lowest BCUT2D eigenvalue weighted by Gasteiger charge is -2.44.